The predicted octanol–water partition coefficient (Wildman–Crippen LogP) is 3.64. The number of ether oxygens (including phenoxy) is 2. The number of rotatable bonds is 9. The van der Waals surface area contributed by atoms with Crippen molar-refractivity contribution in [3.05, 3.63) is 65.2 Å². The third-order valence-electron chi connectivity index (χ3n) is 5.08. The molecule has 31 heavy (non-hydrogen) atoms. The van der Waals surface area contributed by atoms with Gasteiger partial charge in [-0.05, 0) is 42.7 Å². The van der Waals surface area contributed by atoms with Gasteiger partial charge in [-0.25, -0.2) is 0 Å². The standard InChI is InChI=1S/C24H27NO6/c1-3-13-31-19-7-4-6-17(15-19)22(27)20-21(16-8-10-18(26)11-9-16)25(12-5-14-30-2)24(29)23(20)28/h4,6-11,15,21,26-27H,3,5,12-14H2,1-2H3/b22-20-. The van der Waals surface area contributed by atoms with Crippen LogP contribution < -0.4 is 4.74 Å². The molecule has 0 saturated carbocycles. The van der Waals surface area contributed by atoms with Crippen molar-refractivity contribution >= 4 is 17.4 Å². The van der Waals surface area contributed by atoms with Gasteiger partial charge >= 0.3 is 0 Å². The van der Waals surface area contributed by atoms with E-state index in [0.717, 1.165) is 6.42 Å². The molecule has 0 aliphatic carbocycles. The molecule has 1 saturated heterocycles. The number of carbonyl (C=O) groups excluding carboxylic acids is 2. The minimum Gasteiger partial charge on any atom is -0.508 e. The van der Waals surface area contributed by atoms with Crippen LogP contribution in [0.3, 0.4) is 0 Å². The average molecular weight is 425 g/mol. The van der Waals surface area contributed by atoms with Crippen molar-refractivity contribution < 1.29 is 29.3 Å². The number of Topliss-reactive ketones (excluding diaryl/α,β-unsaturated/α-hetero) is 1. The molecule has 1 aliphatic heterocycles. The first-order valence-electron chi connectivity index (χ1n) is 10.3. The number of hydrogen-bond acceptors (Lipinski definition) is 6. The van der Waals surface area contributed by atoms with Crippen LogP contribution in [0, 0.1) is 0 Å². The lowest BCUT2D eigenvalue weighted by molar-refractivity contribution is -0.140. The van der Waals surface area contributed by atoms with Crippen molar-refractivity contribution in [2.24, 2.45) is 0 Å². The molecule has 1 amide bonds. The molecule has 7 heteroatoms. The molecule has 164 valence electrons. The Hall–Kier alpha value is -3.32. The van der Waals surface area contributed by atoms with Crippen molar-refractivity contribution in [3.63, 3.8) is 0 Å². The van der Waals surface area contributed by atoms with Gasteiger partial charge in [0.15, 0.2) is 0 Å². The van der Waals surface area contributed by atoms with E-state index in [1.54, 1.807) is 43.5 Å². The fourth-order valence-electron chi connectivity index (χ4n) is 3.60. The van der Waals surface area contributed by atoms with Gasteiger partial charge in [0.1, 0.15) is 17.3 Å². The van der Waals surface area contributed by atoms with Crippen molar-refractivity contribution in [2.45, 2.75) is 25.8 Å². The molecule has 2 aromatic rings. The first kappa shape index (κ1) is 22.4. The third kappa shape index (κ3) is 4.88. The highest BCUT2D eigenvalue weighted by atomic mass is 16.5. The monoisotopic (exact) mass is 425 g/mol. The second-order valence-corrected chi connectivity index (χ2v) is 7.31. The molecule has 0 spiro atoms. The number of nitrogens with zero attached hydrogens (tertiary/aromatic N) is 1. The second-order valence-electron chi connectivity index (χ2n) is 7.31. The smallest absolute Gasteiger partial charge is 0.295 e. The SMILES string of the molecule is CCCOc1cccc(/C(O)=C2/C(=O)C(=O)N(CCCOC)C2c2ccc(O)cc2)c1. The molecular weight excluding hydrogens is 398 g/mol. The fourth-order valence-corrected chi connectivity index (χ4v) is 3.60. The molecular formula is C24H27NO6. The number of hydrogen-bond donors (Lipinski definition) is 2. The van der Waals surface area contributed by atoms with Gasteiger partial charge < -0.3 is 24.6 Å². The van der Waals surface area contributed by atoms with E-state index in [-0.39, 0.29) is 17.1 Å². The number of aromatic hydroxyl groups is 1. The van der Waals surface area contributed by atoms with E-state index in [9.17, 15) is 19.8 Å². The topological polar surface area (TPSA) is 96.3 Å². The molecule has 1 unspecified atom stereocenters. The molecule has 0 aromatic heterocycles. The van der Waals surface area contributed by atoms with Gasteiger partial charge in [-0.15, -0.1) is 0 Å². The summed E-state index contributed by atoms with van der Waals surface area (Å²) in [6.07, 6.45) is 1.38. The van der Waals surface area contributed by atoms with Gasteiger partial charge in [-0.3, -0.25) is 9.59 Å². The van der Waals surface area contributed by atoms with Crippen LogP contribution in [-0.4, -0.2) is 53.7 Å². The Bertz CT molecular complexity index is 966. The summed E-state index contributed by atoms with van der Waals surface area (Å²) < 4.78 is 10.7. The van der Waals surface area contributed by atoms with Gasteiger partial charge in [0.05, 0.1) is 18.2 Å². The number of benzene rings is 2. The summed E-state index contributed by atoms with van der Waals surface area (Å²) in [5.41, 5.74) is 1.03. The fraction of sp³-hybridized carbons (Fsp3) is 0.333. The molecule has 1 heterocycles. The number of phenols is 1. The summed E-state index contributed by atoms with van der Waals surface area (Å²) in [6, 6.07) is 12.3. The maximum atomic E-state index is 12.9. The van der Waals surface area contributed by atoms with Crippen LogP contribution >= 0.6 is 0 Å². The molecule has 0 bridgehead atoms. The zero-order chi connectivity index (χ0) is 22.4. The van der Waals surface area contributed by atoms with Gasteiger partial charge in [0, 0.05) is 25.8 Å². The molecule has 0 radical (unpaired) electrons. The number of carbonyl (C=O) groups is 2. The van der Waals surface area contributed by atoms with E-state index in [2.05, 4.69) is 0 Å². The molecule has 1 aliphatic rings. The minimum atomic E-state index is -0.766. The lowest BCUT2D eigenvalue weighted by Crippen LogP contribution is -2.31. The van der Waals surface area contributed by atoms with Crippen LogP contribution in [-0.2, 0) is 14.3 Å². The van der Waals surface area contributed by atoms with Gasteiger partial charge in [-0.1, -0.05) is 31.2 Å². The van der Waals surface area contributed by atoms with Crippen LogP contribution in [0.4, 0.5) is 0 Å². The Balaban J connectivity index is 2.07. The third-order valence-corrected chi connectivity index (χ3v) is 5.08. The van der Waals surface area contributed by atoms with E-state index < -0.39 is 17.7 Å². The van der Waals surface area contributed by atoms with E-state index in [4.69, 9.17) is 9.47 Å². The number of ketones is 1. The van der Waals surface area contributed by atoms with Gasteiger partial charge in [0.25, 0.3) is 11.7 Å². The van der Waals surface area contributed by atoms with Crippen LogP contribution in [0.15, 0.2) is 54.1 Å². The minimum absolute atomic E-state index is 0.0146. The number of aliphatic hydroxyl groups is 1. The molecule has 3 rings (SSSR count). The van der Waals surface area contributed by atoms with E-state index in [1.807, 2.05) is 6.92 Å². The van der Waals surface area contributed by atoms with Crippen molar-refractivity contribution in [2.75, 3.05) is 26.9 Å². The normalized spacial score (nSPS) is 17.9. The van der Waals surface area contributed by atoms with Crippen molar-refractivity contribution in [1.29, 1.82) is 0 Å². The Labute approximate surface area is 181 Å². The quantitative estimate of drug-likeness (QED) is 0.276. The summed E-state index contributed by atoms with van der Waals surface area (Å²) in [5.74, 6) is -1.03. The zero-order valence-corrected chi connectivity index (χ0v) is 17.7. The summed E-state index contributed by atoms with van der Waals surface area (Å²) >= 11 is 0. The summed E-state index contributed by atoms with van der Waals surface area (Å²) in [5, 5.41) is 20.7. The highest BCUT2D eigenvalue weighted by Gasteiger charge is 2.45. The largest absolute Gasteiger partial charge is 0.508 e. The number of amides is 1. The first-order chi connectivity index (χ1) is 15.0. The van der Waals surface area contributed by atoms with Gasteiger partial charge in [0.2, 0.25) is 0 Å². The number of methoxy groups -OCH3 is 1. The predicted molar refractivity (Wildman–Crippen MR) is 116 cm³/mol. The van der Waals surface area contributed by atoms with Crippen LogP contribution in [0.5, 0.6) is 11.5 Å². The number of likely N-dealkylation sites (tertiary alicyclic amines) is 1. The summed E-state index contributed by atoms with van der Waals surface area (Å²) in [7, 11) is 1.57. The van der Waals surface area contributed by atoms with Crippen LogP contribution in [0.25, 0.3) is 5.76 Å². The first-order valence-corrected chi connectivity index (χ1v) is 10.3. The Kier molecular flexibility index (Phi) is 7.31. The second kappa shape index (κ2) is 10.1. The van der Waals surface area contributed by atoms with E-state index >= 15 is 0 Å². The lowest BCUT2D eigenvalue weighted by atomic mass is 9.95. The van der Waals surface area contributed by atoms with E-state index in [0.29, 0.717) is 43.1 Å². The maximum absolute atomic E-state index is 12.9. The van der Waals surface area contributed by atoms with Gasteiger partial charge in [-0.2, -0.15) is 0 Å². The zero-order valence-electron chi connectivity index (χ0n) is 17.7. The van der Waals surface area contributed by atoms with Crippen molar-refractivity contribution in [3.8, 4) is 11.5 Å². The highest BCUT2D eigenvalue weighted by molar-refractivity contribution is 6.46. The Morgan fingerprint density at radius 2 is 1.84 bits per heavy atom. The van der Waals surface area contributed by atoms with E-state index in [1.165, 1.54) is 17.0 Å². The average Bonchev–Trinajstić information content (AvgIpc) is 3.03. The van der Waals surface area contributed by atoms with Crippen molar-refractivity contribution in [1.82, 2.24) is 4.90 Å². The molecule has 1 atom stereocenters. The maximum Gasteiger partial charge on any atom is 0.295 e. The highest BCUT2D eigenvalue weighted by Crippen LogP contribution is 2.40. The molecule has 2 N–H and O–H groups in total. The Morgan fingerprint density at radius 1 is 1.10 bits per heavy atom. The van der Waals surface area contributed by atoms with Crippen LogP contribution in [0.1, 0.15) is 36.9 Å². The van der Waals surface area contributed by atoms with Crippen LogP contribution in [0.2, 0.25) is 0 Å². The lowest BCUT2D eigenvalue weighted by Gasteiger charge is -2.25. The summed E-state index contributed by atoms with van der Waals surface area (Å²) in [6.45, 7) is 3.25. The molecule has 7 nitrogen and oxygen atoms in total. The summed E-state index contributed by atoms with van der Waals surface area (Å²) in [4.78, 5) is 27.2. The molecule has 2 aromatic carbocycles. The molecule has 1 fully saturated rings. The Morgan fingerprint density at radius 3 is 2.52 bits per heavy atom. The number of phenolic OH excluding ortho intramolecular Hbond substituents is 1. The number of aliphatic hydroxyl groups excluding tert-OH is 1.